The fourth-order valence-corrected chi connectivity index (χ4v) is 4.27. The summed E-state index contributed by atoms with van der Waals surface area (Å²) in [5, 5.41) is 22.7. The number of benzene rings is 2. The molecule has 0 aromatic heterocycles. The van der Waals surface area contributed by atoms with Crippen LogP contribution in [-0.2, 0) is 36.8 Å². The SMILES string of the molecule is CN(C)C1=NC[C@@H](C(N)=O)NC(=O)[C@H](Cc2ccccc2)NC(=O)CNC(=O)[C@H](NC(=O)[C@@H](N)Cc2ccc(O)cc2)CN1. The number of aromatic hydroxyl groups is 1. The van der Waals surface area contributed by atoms with E-state index in [-0.39, 0.29) is 37.6 Å². The Morgan fingerprint density at radius 3 is 2.32 bits per heavy atom. The summed E-state index contributed by atoms with van der Waals surface area (Å²) in [6.45, 7) is -0.905. The maximum atomic E-state index is 13.2. The zero-order valence-electron chi connectivity index (χ0n) is 24.6. The Morgan fingerprint density at radius 2 is 1.68 bits per heavy atom. The summed E-state index contributed by atoms with van der Waals surface area (Å²) in [6, 6.07) is 10.6. The molecule has 0 aliphatic carbocycles. The molecular weight excluding hydrogens is 570 g/mol. The number of hydrogen-bond donors (Lipinski definition) is 8. The van der Waals surface area contributed by atoms with E-state index in [0.717, 1.165) is 5.56 Å². The van der Waals surface area contributed by atoms with Gasteiger partial charge in [-0.2, -0.15) is 0 Å². The first-order valence-electron chi connectivity index (χ1n) is 13.9. The number of phenolic OH excluding ortho intramolecular Hbond substituents is 1. The van der Waals surface area contributed by atoms with Gasteiger partial charge in [0, 0.05) is 27.1 Å². The van der Waals surface area contributed by atoms with Crippen molar-refractivity contribution in [3.05, 3.63) is 65.7 Å². The number of primary amides is 1. The monoisotopic (exact) mass is 609 g/mol. The average Bonchev–Trinajstić information content (AvgIpc) is 2.99. The Kier molecular flexibility index (Phi) is 12.0. The third-order valence-corrected chi connectivity index (χ3v) is 6.69. The summed E-state index contributed by atoms with van der Waals surface area (Å²) in [5.41, 5.74) is 13.1. The van der Waals surface area contributed by atoms with Crippen molar-refractivity contribution in [2.45, 2.75) is 37.0 Å². The molecule has 1 aliphatic heterocycles. The van der Waals surface area contributed by atoms with Crippen molar-refractivity contribution in [1.82, 2.24) is 31.5 Å². The van der Waals surface area contributed by atoms with Crippen LogP contribution >= 0.6 is 0 Å². The molecule has 5 amide bonds. The topological polar surface area (TPSA) is 233 Å². The highest BCUT2D eigenvalue weighted by molar-refractivity contribution is 5.95. The van der Waals surface area contributed by atoms with Gasteiger partial charge in [0.15, 0.2) is 5.96 Å². The van der Waals surface area contributed by atoms with Crippen molar-refractivity contribution in [2.24, 2.45) is 16.5 Å². The lowest BCUT2D eigenvalue weighted by atomic mass is 10.0. The van der Waals surface area contributed by atoms with Crippen molar-refractivity contribution >= 4 is 35.5 Å². The first-order chi connectivity index (χ1) is 20.9. The average molecular weight is 610 g/mol. The van der Waals surface area contributed by atoms with Gasteiger partial charge in [-0.25, -0.2) is 0 Å². The third-order valence-electron chi connectivity index (χ3n) is 6.69. The molecule has 10 N–H and O–H groups in total. The molecule has 0 fully saturated rings. The summed E-state index contributed by atoms with van der Waals surface area (Å²) < 4.78 is 0. The molecule has 0 unspecified atom stereocenters. The van der Waals surface area contributed by atoms with E-state index in [1.165, 1.54) is 12.1 Å². The van der Waals surface area contributed by atoms with Gasteiger partial charge in [-0.15, -0.1) is 0 Å². The van der Waals surface area contributed by atoms with Gasteiger partial charge in [-0.3, -0.25) is 29.0 Å². The maximum absolute atomic E-state index is 13.2. The standard InChI is InChI=1S/C29H39N9O6/c1-38(2)29-33-14-22(25(31)41)36-28(44)21(13-17-6-4-3-5-7-17)35-24(40)16-32-27(43)23(15-34-29)37-26(42)20(30)12-18-8-10-19(39)11-9-18/h3-11,20-23,39H,12-16,30H2,1-2H3,(H2,31,41)(H,32,43)(H,33,34)(H,35,40)(H,36,44)(H,37,42)/t20-,21-,22-,23+/m0/s1. The number of phenols is 1. The van der Waals surface area contributed by atoms with Crippen molar-refractivity contribution in [2.75, 3.05) is 33.7 Å². The van der Waals surface area contributed by atoms with Gasteiger partial charge < -0.3 is 48.1 Å². The second-order valence-electron chi connectivity index (χ2n) is 10.5. The number of aliphatic imine (C=N–C) groups is 1. The van der Waals surface area contributed by atoms with Gasteiger partial charge in [-0.05, 0) is 29.7 Å². The van der Waals surface area contributed by atoms with Crippen molar-refractivity contribution < 1.29 is 29.1 Å². The van der Waals surface area contributed by atoms with Crippen molar-refractivity contribution in [3.63, 3.8) is 0 Å². The summed E-state index contributed by atoms with van der Waals surface area (Å²) in [7, 11) is 3.33. The van der Waals surface area contributed by atoms with Gasteiger partial charge in [-0.1, -0.05) is 42.5 Å². The van der Waals surface area contributed by atoms with Crippen LogP contribution < -0.4 is 38.1 Å². The normalized spacial score (nSPS) is 20.7. The third kappa shape index (κ3) is 10.3. The summed E-state index contributed by atoms with van der Waals surface area (Å²) in [6.07, 6.45) is 0.238. The lowest BCUT2D eigenvalue weighted by Gasteiger charge is -2.24. The molecule has 0 spiro atoms. The van der Waals surface area contributed by atoms with Gasteiger partial charge in [0.05, 0.1) is 19.1 Å². The Hall–Kier alpha value is -5.18. The number of nitrogens with two attached hydrogens (primary N) is 2. The van der Waals surface area contributed by atoms with Crippen LogP contribution in [0.2, 0.25) is 0 Å². The molecule has 1 aliphatic rings. The molecule has 2 aromatic rings. The maximum Gasteiger partial charge on any atom is 0.244 e. The molecule has 15 heteroatoms. The van der Waals surface area contributed by atoms with Crippen LogP contribution in [0.5, 0.6) is 5.75 Å². The van der Waals surface area contributed by atoms with Crippen LogP contribution in [-0.4, -0.2) is 103 Å². The fraction of sp³-hybridized carbons (Fsp3) is 0.379. The molecule has 44 heavy (non-hydrogen) atoms. The highest BCUT2D eigenvalue weighted by Gasteiger charge is 2.29. The molecule has 0 bridgehead atoms. The summed E-state index contributed by atoms with van der Waals surface area (Å²) in [5.74, 6) is -3.18. The molecular formula is C29H39N9O6. The van der Waals surface area contributed by atoms with Gasteiger partial charge in [0.2, 0.25) is 29.5 Å². The second kappa shape index (κ2) is 15.9. The molecule has 15 nitrogen and oxygen atoms in total. The number of rotatable bonds is 7. The minimum absolute atomic E-state index is 0.0704. The van der Waals surface area contributed by atoms with Gasteiger partial charge in [0.25, 0.3) is 0 Å². The van der Waals surface area contributed by atoms with Gasteiger partial charge in [0.1, 0.15) is 23.9 Å². The molecule has 2 aromatic carbocycles. The van der Waals surface area contributed by atoms with Gasteiger partial charge >= 0.3 is 0 Å². The highest BCUT2D eigenvalue weighted by Crippen LogP contribution is 2.11. The van der Waals surface area contributed by atoms with Crippen LogP contribution in [0, 0.1) is 0 Å². The molecule has 3 rings (SSSR count). The number of amides is 5. The number of carbonyl (C=O) groups is 5. The molecule has 0 saturated heterocycles. The van der Waals surface area contributed by atoms with Crippen molar-refractivity contribution in [1.29, 1.82) is 0 Å². The van der Waals surface area contributed by atoms with E-state index in [1.54, 1.807) is 61.5 Å². The Bertz CT molecular complexity index is 1350. The predicted octanol–water partition coefficient (Wildman–Crippen LogP) is -2.92. The molecule has 236 valence electrons. The smallest absolute Gasteiger partial charge is 0.244 e. The molecule has 4 atom stereocenters. The Morgan fingerprint density at radius 1 is 1.00 bits per heavy atom. The second-order valence-corrected chi connectivity index (χ2v) is 10.5. The number of nitrogens with one attached hydrogen (secondary N) is 5. The van der Waals surface area contributed by atoms with E-state index >= 15 is 0 Å². The highest BCUT2D eigenvalue weighted by atomic mass is 16.3. The fourth-order valence-electron chi connectivity index (χ4n) is 4.27. The lowest BCUT2D eigenvalue weighted by molar-refractivity contribution is -0.132. The first kappa shape index (κ1) is 33.3. The molecule has 0 saturated carbocycles. The Labute approximate surface area is 254 Å². The minimum atomic E-state index is -1.20. The van der Waals surface area contributed by atoms with E-state index < -0.39 is 60.2 Å². The van der Waals surface area contributed by atoms with Crippen LogP contribution in [0.4, 0.5) is 0 Å². The Balaban J connectivity index is 1.83. The zero-order chi connectivity index (χ0) is 32.2. The largest absolute Gasteiger partial charge is 0.508 e. The summed E-state index contributed by atoms with van der Waals surface area (Å²) in [4.78, 5) is 70.4. The van der Waals surface area contributed by atoms with E-state index in [9.17, 15) is 29.1 Å². The van der Waals surface area contributed by atoms with Crippen LogP contribution in [0.15, 0.2) is 59.6 Å². The van der Waals surface area contributed by atoms with E-state index in [2.05, 4.69) is 31.6 Å². The van der Waals surface area contributed by atoms with Crippen LogP contribution in [0.3, 0.4) is 0 Å². The summed E-state index contributed by atoms with van der Waals surface area (Å²) >= 11 is 0. The minimum Gasteiger partial charge on any atom is -0.508 e. The number of nitrogens with zero attached hydrogens (tertiary/aromatic N) is 2. The molecule has 0 radical (unpaired) electrons. The first-order valence-corrected chi connectivity index (χ1v) is 13.9. The lowest BCUT2D eigenvalue weighted by Crippen LogP contribution is -2.58. The van der Waals surface area contributed by atoms with Crippen LogP contribution in [0.25, 0.3) is 0 Å². The number of guanidine groups is 1. The van der Waals surface area contributed by atoms with E-state index in [0.29, 0.717) is 5.56 Å². The van der Waals surface area contributed by atoms with E-state index in [1.807, 2.05) is 0 Å². The molecule has 1 heterocycles. The number of carbonyl (C=O) groups excluding carboxylic acids is 5. The van der Waals surface area contributed by atoms with Crippen molar-refractivity contribution in [3.8, 4) is 5.75 Å². The quantitative estimate of drug-likeness (QED) is 0.160. The van der Waals surface area contributed by atoms with Crippen LogP contribution in [0.1, 0.15) is 11.1 Å². The predicted molar refractivity (Wildman–Crippen MR) is 162 cm³/mol. The number of hydrogen-bond acceptors (Lipinski definition) is 10. The van der Waals surface area contributed by atoms with E-state index in [4.69, 9.17) is 11.5 Å². The zero-order valence-corrected chi connectivity index (χ0v) is 24.6.